The van der Waals surface area contributed by atoms with Gasteiger partial charge in [0, 0.05) is 37.5 Å². The van der Waals surface area contributed by atoms with E-state index in [4.69, 9.17) is 0 Å². The van der Waals surface area contributed by atoms with Gasteiger partial charge in [-0.3, -0.25) is 9.59 Å². The van der Waals surface area contributed by atoms with E-state index in [1.807, 2.05) is 30.6 Å². The van der Waals surface area contributed by atoms with Crippen molar-refractivity contribution in [1.82, 2.24) is 9.80 Å². The molecule has 1 saturated heterocycles. The average molecular weight is 266 g/mol. The Balaban J connectivity index is 1.85. The molecule has 0 aromatic carbocycles. The Kier molecular flexibility index (Phi) is 4.16. The number of piperazine rings is 1. The van der Waals surface area contributed by atoms with Crippen molar-refractivity contribution >= 4 is 11.8 Å². The van der Waals surface area contributed by atoms with Gasteiger partial charge in [-0.15, -0.1) is 0 Å². The average Bonchev–Trinajstić information content (AvgIpc) is 2.90. The van der Waals surface area contributed by atoms with Gasteiger partial charge < -0.3 is 9.80 Å². The molecule has 0 bridgehead atoms. The van der Waals surface area contributed by atoms with Crippen LogP contribution in [-0.4, -0.2) is 47.8 Å². The quantitative estimate of drug-likeness (QED) is 0.727. The molecule has 4 heteroatoms. The summed E-state index contributed by atoms with van der Waals surface area (Å²) in [6.45, 7) is 8.64. The summed E-state index contributed by atoms with van der Waals surface area (Å²) in [6, 6.07) is 0. The van der Waals surface area contributed by atoms with Crippen molar-refractivity contribution in [3.63, 3.8) is 0 Å². The van der Waals surface area contributed by atoms with Crippen molar-refractivity contribution < 1.29 is 9.59 Å². The first-order chi connectivity index (χ1) is 8.89. The smallest absolute Gasteiger partial charge is 0.228 e. The van der Waals surface area contributed by atoms with Crippen LogP contribution < -0.4 is 0 Å². The highest BCUT2D eigenvalue weighted by Gasteiger charge is 2.33. The van der Waals surface area contributed by atoms with Crippen LogP contribution in [0.4, 0.5) is 0 Å². The molecular weight excluding hydrogens is 240 g/mol. The number of hydrogen-bond donors (Lipinski definition) is 0. The molecule has 2 rings (SSSR count). The molecule has 1 saturated carbocycles. The first-order valence-electron chi connectivity index (χ1n) is 7.48. The van der Waals surface area contributed by atoms with E-state index in [2.05, 4.69) is 0 Å². The first kappa shape index (κ1) is 14.4. The molecule has 4 nitrogen and oxygen atoms in total. The minimum atomic E-state index is -0.322. The highest BCUT2D eigenvalue weighted by molar-refractivity contribution is 5.82. The van der Waals surface area contributed by atoms with Gasteiger partial charge in [-0.05, 0) is 12.8 Å². The van der Waals surface area contributed by atoms with Gasteiger partial charge in [0.2, 0.25) is 11.8 Å². The van der Waals surface area contributed by atoms with Crippen LogP contribution in [-0.2, 0) is 9.59 Å². The van der Waals surface area contributed by atoms with Crippen LogP contribution in [0.15, 0.2) is 0 Å². The summed E-state index contributed by atoms with van der Waals surface area (Å²) >= 11 is 0. The molecule has 2 fully saturated rings. The number of amides is 2. The number of rotatable bonds is 1. The molecule has 1 aliphatic carbocycles. The second-order valence-corrected chi connectivity index (χ2v) is 6.85. The molecule has 19 heavy (non-hydrogen) atoms. The number of hydrogen-bond acceptors (Lipinski definition) is 2. The van der Waals surface area contributed by atoms with Crippen LogP contribution in [0.5, 0.6) is 0 Å². The molecule has 1 aliphatic heterocycles. The molecule has 0 atom stereocenters. The fourth-order valence-corrected chi connectivity index (χ4v) is 3.04. The van der Waals surface area contributed by atoms with Gasteiger partial charge in [0.15, 0.2) is 0 Å². The van der Waals surface area contributed by atoms with Crippen molar-refractivity contribution in [1.29, 1.82) is 0 Å². The van der Waals surface area contributed by atoms with Gasteiger partial charge in [-0.2, -0.15) is 0 Å². The maximum absolute atomic E-state index is 12.3. The molecule has 0 unspecified atom stereocenters. The molecule has 108 valence electrons. The van der Waals surface area contributed by atoms with Crippen molar-refractivity contribution in [3.05, 3.63) is 0 Å². The largest absolute Gasteiger partial charge is 0.339 e. The van der Waals surface area contributed by atoms with Crippen LogP contribution >= 0.6 is 0 Å². The van der Waals surface area contributed by atoms with Gasteiger partial charge in [0.1, 0.15) is 0 Å². The lowest BCUT2D eigenvalue weighted by molar-refractivity contribution is -0.146. The molecule has 0 aromatic heterocycles. The lowest BCUT2D eigenvalue weighted by Crippen LogP contribution is -2.53. The maximum Gasteiger partial charge on any atom is 0.228 e. The molecule has 0 aromatic rings. The fraction of sp³-hybridized carbons (Fsp3) is 0.867. The lowest BCUT2D eigenvalue weighted by Gasteiger charge is -2.38. The van der Waals surface area contributed by atoms with Gasteiger partial charge in [0.05, 0.1) is 0 Å². The fourth-order valence-electron chi connectivity index (χ4n) is 3.04. The summed E-state index contributed by atoms with van der Waals surface area (Å²) in [7, 11) is 0. The third-order valence-corrected chi connectivity index (χ3v) is 4.22. The van der Waals surface area contributed by atoms with Gasteiger partial charge in [-0.25, -0.2) is 0 Å². The number of carbonyl (C=O) groups excluding carboxylic acids is 2. The zero-order chi connectivity index (χ0) is 14.0. The topological polar surface area (TPSA) is 40.6 Å². The van der Waals surface area contributed by atoms with E-state index in [0.29, 0.717) is 32.1 Å². The predicted octanol–water partition coefficient (Wildman–Crippen LogP) is 1.89. The summed E-state index contributed by atoms with van der Waals surface area (Å²) in [5.74, 6) is 0.769. The van der Waals surface area contributed by atoms with Gasteiger partial charge in [-0.1, -0.05) is 33.6 Å². The zero-order valence-electron chi connectivity index (χ0n) is 12.4. The third-order valence-electron chi connectivity index (χ3n) is 4.22. The van der Waals surface area contributed by atoms with Gasteiger partial charge in [0.25, 0.3) is 0 Å². The van der Waals surface area contributed by atoms with Crippen molar-refractivity contribution in [2.45, 2.75) is 46.5 Å². The molecule has 2 aliphatic rings. The normalized spacial score (nSPS) is 21.8. The lowest BCUT2D eigenvalue weighted by atomic mass is 9.94. The van der Waals surface area contributed by atoms with Crippen LogP contribution in [0.1, 0.15) is 46.5 Å². The number of carbonyl (C=O) groups is 2. The van der Waals surface area contributed by atoms with Gasteiger partial charge >= 0.3 is 0 Å². The predicted molar refractivity (Wildman–Crippen MR) is 74.6 cm³/mol. The molecule has 0 N–H and O–H groups in total. The van der Waals surface area contributed by atoms with E-state index in [-0.39, 0.29) is 17.2 Å². The van der Waals surface area contributed by atoms with E-state index >= 15 is 0 Å². The minimum Gasteiger partial charge on any atom is -0.339 e. The Morgan fingerprint density at radius 1 is 0.895 bits per heavy atom. The molecular formula is C15H26N2O2. The monoisotopic (exact) mass is 266 g/mol. The second kappa shape index (κ2) is 5.51. The Bertz CT molecular complexity index is 346. The maximum atomic E-state index is 12.3. The van der Waals surface area contributed by atoms with Crippen LogP contribution in [0.3, 0.4) is 0 Å². The summed E-state index contributed by atoms with van der Waals surface area (Å²) in [5.41, 5.74) is -0.322. The van der Waals surface area contributed by atoms with E-state index in [1.54, 1.807) is 0 Å². The van der Waals surface area contributed by atoms with E-state index < -0.39 is 0 Å². The highest BCUT2D eigenvalue weighted by atomic mass is 16.2. The summed E-state index contributed by atoms with van der Waals surface area (Å²) in [5, 5.41) is 0. The standard InChI is InChI=1S/C15H26N2O2/c1-15(2,3)14(19)17-10-8-16(9-11-17)13(18)12-6-4-5-7-12/h12H,4-11H2,1-3H3. The second-order valence-electron chi connectivity index (χ2n) is 6.85. The van der Waals surface area contributed by atoms with Crippen molar-refractivity contribution in [2.75, 3.05) is 26.2 Å². The Labute approximate surface area is 116 Å². The first-order valence-corrected chi connectivity index (χ1v) is 7.48. The Morgan fingerprint density at radius 2 is 1.37 bits per heavy atom. The summed E-state index contributed by atoms with van der Waals surface area (Å²) in [4.78, 5) is 28.3. The van der Waals surface area contributed by atoms with Crippen LogP contribution in [0.2, 0.25) is 0 Å². The highest BCUT2D eigenvalue weighted by Crippen LogP contribution is 2.27. The van der Waals surface area contributed by atoms with Crippen molar-refractivity contribution in [2.24, 2.45) is 11.3 Å². The third kappa shape index (κ3) is 3.28. The Hall–Kier alpha value is -1.06. The summed E-state index contributed by atoms with van der Waals surface area (Å²) in [6.07, 6.45) is 4.50. The van der Waals surface area contributed by atoms with E-state index in [0.717, 1.165) is 12.8 Å². The molecule has 0 radical (unpaired) electrons. The van der Waals surface area contributed by atoms with Crippen LogP contribution in [0.25, 0.3) is 0 Å². The van der Waals surface area contributed by atoms with Crippen LogP contribution in [0, 0.1) is 11.3 Å². The number of nitrogens with zero attached hydrogens (tertiary/aromatic N) is 2. The molecule has 0 spiro atoms. The molecule has 1 heterocycles. The van der Waals surface area contributed by atoms with E-state index in [9.17, 15) is 9.59 Å². The zero-order valence-corrected chi connectivity index (χ0v) is 12.4. The molecule has 2 amide bonds. The van der Waals surface area contributed by atoms with E-state index in [1.165, 1.54) is 12.8 Å². The Morgan fingerprint density at radius 3 is 1.84 bits per heavy atom. The minimum absolute atomic E-state index is 0.195. The SMILES string of the molecule is CC(C)(C)C(=O)N1CCN(C(=O)C2CCCC2)CC1. The summed E-state index contributed by atoms with van der Waals surface area (Å²) < 4.78 is 0. The van der Waals surface area contributed by atoms with Crippen molar-refractivity contribution in [3.8, 4) is 0 Å².